The van der Waals surface area contributed by atoms with Gasteiger partial charge in [-0.3, -0.25) is 0 Å². The summed E-state index contributed by atoms with van der Waals surface area (Å²) >= 11 is 9.60. The summed E-state index contributed by atoms with van der Waals surface area (Å²) in [6.07, 6.45) is 0. The average Bonchev–Trinajstić information content (AvgIpc) is 2.27. The predicted molar refractivity (Wildman–Crippen MR) is 72.4 cm³/mol. The molecule has 17 heavy (non-hydrogen) atoms. The first-order valence-electron chi connectivity index (χ1n) is 5.10. The number of aliphatic hydroxyl groups excluding tert-OH is 1. The van der Waals surface area contributed by atoms with Crippen molar-refractivity contribution in [3.8, 4) is 11.5 Å². The molecule has 0 unspecified atom stereocenters. The second-order valence-corrected chi connectivity index (χ2v) is 5.59. The van der Waals surface area contributed by atoms with Crippen LogP contribution in [0.4, 0.5) is 0 Å². The summed E-state index contributed by atoms with van der Waals surface area (Å²) in [5.74, 6) is 1.12. The number of benzene rings is 1. The Morgan fingerprint density at radius 1 is 1.29 bits per heavy atom. The molecule has 3 nitrogen and oxygen atoms in total. The van der Waals surface area contributed by atoms with Gasteiger partial charge in [-0.2, -0.15) is 0 Å². The van der Waals surface area contributed by atoms with Crippen molar-refractivity contribution < 1.29 is 14.6 Å². The summed E-state index contributed by atoms with van der Waals surface area (Å²) < 4.78 is 11.4. The number of ether oxygens (including phenoxy) is 2. The van der Waals surface area contributed by atoms with Crippen molar-refractivity contribution in [3.05, 3.63) is 21.1 Å². The first kappa shape index (κ1) is 14.6. The number of aliphatic hydroxyl groups is 1. The monoisotopic (exact) mass is 322 g/mol. The summed E-state index contributed by atoms with van der Waals surface area (Å²) in [4.78, 5) is 0. The molecule has 0 radical (unpaired) electrons. The van der Waals surface area contributed by atoms with Gasteiger partial charge >= 0.3 is 0 Å². The lowest BCUT2D eigenvalue weighted by atomic mass is 9.84. The van der Waals surface area contributed by atoms with Crippen molar-refractivity contribution in [3.63, 3.8) is 0 Å². The van der Waals surface area contributed by atoms with Gasteiger partial charge in [0.15, 0.2) is 11.5 Å². The molecule has 0 aliphatic rings. The highest BCUT2D eigenvalue weighted by molar-refractivity contribution is 9.10. The molecule has 0 atom stereocenters. The Labute approximate surface area is 115 Å². The van der Waals surface area contributed by atoms with Crippen LogP contribution in [0, 0.1) is 0 Å². The van der Waals surface area contributed by atoms with Crippen LogP contribution < -0.4 is 9.47 Å². The van der Waals surface area contributed by atoms with Gasteiger partial charge in [0.1, 0.15) is 0 Å². The van der Waals surface area contributed by atoms with E-state index in [1.54, 1.807) is 20.3 Å². The molecule has 96 valence electrons. The molecule has 1 aromatic carbocycles. The van der Waals surface area contributed by atoms with Gasteiger partial charge in [0.2, 0.25) is 0 Å². The molecular formula is C12H16BrClO3. The van der Waals surface area contributed by atoms with Gasteiger partial charge in [0, 0.05) is 16.0 Å². The van der Waals surface area contributed by atoms with E-state index in [0.29, 0.717) is 16.5 Å². The highest BCUT2D eigenvalue weighted by Crippen LogP contribution is 2.46. The van der Waals surface area contributed by atoms with E-state index < -0.39 is 5.41 Å². The standard InChI is InChI=1S/C12H16BrClO3/c1-12(2,6-15)9-8(14)5-7(13)10(16-3)11(9)17-4/h5,15H,6H2,1-4H3. The lowest BCUT2D eigenvalue weighted by molar-refractivity contribution is 0.213. The molecule has 0 fully saturated rings. The van der Waals surface area contributed by atoms with E-state index in [1.165, 1.54) is 0 Å². The van der Waals surface area contributed by atoms with Crippen molar-refractivity contribution in [2.75, 3.05) is 20.8 Å². The summed E-state index contributed by atoms with van der Waals surface area (Å²) in [7, 11) is 3.11. The van der Waals surface area contributed by atoms with Crippen LogP contribution in [-0.2, 0) is 5.41 Å². The zero-order valence-corrected chi connectivity index (χ0v) is 12.6. The molecule has 0 saturated carbocycles. The Balaban J connectivity index is 3.59. The second kappa shape index (κ2) is 5.46. The molecule has 0 spiro atoms. The van der Waals surface area contributed by atoms with Gasteiger partial charge in [-0.05, 0) is 22.0 Å². The van der Waals surface area contributed by atoms with Crippen LogP contribution >= 0.6 is 27.5 Å². The van der Waals surface area contributed by atoms with E-state index in [9.17, 15) is 5.11 Å². The fourth-order valence-electron chi connectivity index (χ4n) is 1.67. The van der Waals surface area contributed by atoms with Crippen LogP contribution in [0.3, 0.4) is 0 Å². The average molecular weight is 324 g/mol. The van der Waals surface area contributed by atoms with Gasteiger partial charge in [0.25, 0.3) is 0 Å². The molecule has 0 heterocycles. The molecule has 0 aliphatic heterocycles. The van der Waals surface area contributed by atoms with Crippen molar-refractivity contribution in [1.82, 2.24) is 0 Å². The quantitative estimate of drug-likeness (QED) is 0.923. The van der Waals surface area contributed by atoms with Crippen molar-refractivity contribution >= 4 is 27.5 Å². The first-order valence-corrected chi connectivity index (χ1v) is 6.27. The number of rotatable bonds is 4. The minimum atomic E-state index is -0.504. The van der Waals surface area contributed by atoms with Gasteiger partial charge in [-0.1, -0.05) is 25.4 Å². The van der Waals surface area contributed by atoms with Crippen LogP contribution in [0.25, 0.3) is 0 Å². The van der Waals surface area contributed by atoms with E-state index in [1.807, 2.05) is 13.8 Å². The van der Waals surface area contributed by atoms with Crippen molar-refractivity contribution in [2.24, 2.45) is 0 Å². The molecule has 1 rings (SSSR count). The zero-order valence-electron chi connectivity index (χ0n) is 10.3. The highest BCUT2D eigenvalue weighted by atomic mass is 79.9. The van der Waals surface area contributed by atoms with E-state index in [2.05, 4.69) is 15.9 Å². The first-order chi connectivity index (χ1) is 7.88. The SMILES string of the molecule is COc1c(Br)cc(Cl)c(C(C)(C)CO)c1OC. The predicted octanol–water partition coefficient (Wildman–Crippen LogP) is 3.39. The topological polar surface area (TPSA) is 38.7 Å². The number of hydrogen-bond acceptors (Lipinski definition) is 3. The molecule has 0 saturated heterocycles. The van der Waals surface area contributed by atoms with Crippen LogP contribution in [-0.4, -0.2) is 25.9 Å². The van der Waals surface area contributed by atoms with Gasteiger partial charge in [0.05, 0.1) is 25.3 Å². The Morgan fingerprint density at radius 3 is 2.24 bits per heavy atom. The Hall–Kier alpha value is -0.450. The molecule has 1 N–H and O–H groups in total. The smallest absolute Gasteiger partial charge is 0.175 e. The minimum absolute atomic E-state index is 0.0339. The van der Waals surface area contributed by atoms with E-state index >= 15 is 0 Å². The lowest BCUT2D eigenvalue weighted by Gasteiger charge is -2.27. The van der Waals surface area contributed by atoms with Crippen LogP contribution in [0.2, 0.25) is 5.02 Å². The molecule has 5 heteroatoms. The Kier molecular flexibility index (Phi) is 4.69. The van der Waals surface area contributed by atoms with E-state index in [0.717, 1.165) is 10.0 Å². The molecule has 1 aromatic rings. The van der Waals surface area contributed by atoms with Crippen molar-refractivity contribution in [1.29, 1.82) is 0 Å². The van der Waals surface area contributed by atoms with Gasteiger partial charge in [-0.15, -0.1) is 0 Å². The fourth-order valence-corrected chi connectivity index (χ4v) is 2.83. The van der Waals surface area contributed by atoms with Gasteiger partial charge < -0.3 is 14.6 Å². The second-order valence-electron chi connectivity index (χ2n) is 4.32. The molecule has 0 amide bonds. The minimum Gasteiger partial charge on any atom is -0.492 e. The maximum Gasteiger partial charge on any atom is 0.175 e. The Morgan fingerprint density at radius 2 is 1.82 bits per heavy atom. The van der Waals surface area contributed by atoms with Crippen molar-refractivity contribution in [2.45, 2.75) is 19.3 Å². The molecule has 0 aliphatic carbocycles. The zero-order chi connectivity index (χ0) is 13.2. The third kappa shape index (κ3) is 2.69. The number of methoxy groups -OCH3 is 2. The summed E-state index contributed by atoms with van der Waals surface area (Å²) in [5.41, 5.74) is 0.236. The maximum absolute atomic E-state index is 9.46. The molecular weight excluding hydrogens is 307 g/mol. The number of hydrogen-bond donors (Lipinski definition) is 1. The fraction of sp³-hybridized carbons (Fsp3) is 0.500. The van der Waals surface area contributed by atoms with E-state index in [-0.39, 0.29) is 6.61 Å². The van der Waals surface area contributed by atoms with E-state index in [4.69, 9.17) is 21.1 Å². The third-order valence-corrected chi connectivity index (χ3v) is 3.51. The highest BCUT2D eigenvalue weighted by Gasteiger charge is 2.30. The normalized spacial score (nSPS) is 11.5. The van der Waals surface area contributed by atoms with Crippen LogP contribution in [0.15, 0.2) is 10.5 Å². The van der Waals surface area contributed by atoms with Crippen LogP contribution in [0.1, 0.15) is 19.4 Å². The molecule has 0 aromatic heterocycles. The Bertz CT molecular complexity index is 419. The summed E-state index contributed by atoms with van der Waals surface area (Å²) in [5, 5.41) is 9.99. The van der Waals surface area contributed by atoms with Crippen LogP contribution in [0.5, 0.6) is 11.5 Å². The molecule has 0 bridgehead atoms. The summed E-state index contributed by atoms with van der Waals surface area (Å²) in [6.45, 7) is 3.75. The maximum atomic E-state index is 9.46. The van der Waals surface area contributed by atoms with Gasteiger partial charge in [-0.25, -0.2) is 0 Å². The largest absolute Gasteiger partial charge is 0.492 e. The lowest BCUT2D eigenvalue weighted by Crippen LogP contribution is -2.23. The number of halogens is 2. The summed E-state index contributed by atoms with van der Waals surface area (Å²) in [6, 6.07) is 1.75. The third-order valence-electron chi connectivity index (χ3n) is 2.62.